The molecule has 1 heterocycles. The monoisotopic (exact) mass is 415 g/mol. The van der Waals surface area contributed by atoms with Gasteiger partial charge in [-0.3, -0.25) is 4.79 Å². The summed E-state index contributed by atoms with van der Waals surface area (Å²) >= 11 is 0. The van der Waals surface area contributed by atoms with Crippen LogP contribution in [0.5, 0.6) is 0 Å². The summed E-state index contributed by atoms with van der Waals surface area (Å²) in [6.07, 6.45) is 0.772. The van der Waals surface area contributed by atoms with E-state index in [2.05, 4.69) is 0 Å². The molecule has 0 fully saturated rings. The molecule has 0 spiro atoms. The topological polar surface area (TPSA) is 65.4 Å². The highest BCUT2D eigenvalue weighted by Gasteiger charge is 2.30. The van der Waals surface area contributed by atoms with Crippen molar-refractivity contribution in [2.24, 2.45) is 0 Å². The van der Waals surface area contributed by atoms with E-state index in [0.717, 1.165) is 18.7 Å². The highest BCUT2D eigenvalue weighted by atomic mass is 32.2. The summed E-state index contributed by atoms with van der Waals surface area (Å²) in [4.78, 5) is 10.8. The Balaban J connectivity index is 2.37. The Morgan fingerprint density at radius 1 is 1.00 bits per heavy atom. The molecule has 0 radical (unpaired) electrons. The quantitative estimate of drug-likeness (QED) is 0.281. The van der Waals surface area contributed by atoms with E-state index in [1.807, 2.05) is 0 Å². The van der Waals surface area contributed by atoms with Crippen molar-refractivity contribution in [2.75, 3.05) is 0 Å². The van der Waals surface area contributed by atoms with Crippen LogP contribution in [0, 0.1) is 30.2 Å². The number of hydrogen-bond acceptors (Lipinski definition) is 4. The molecule has 1 aromatic heterocycles. The molecule has 0 saturated heterocycles. The molecule has 0 aliphatic carbocycles. The minimum Gasteiger partial charge on any atom is -0.461 e. The molecule has 0 amide bonds. The van der Waals surface area contributed by atoms with Crippen molar-refractivity contribution in [3.05, 3.63) is 64.9 Å². The number of hydrogen-bond donors (Lipinski definition) is 0. The molecule has 0 unspecified atom stereocenters. The lowest BCUT2D eigenvalue weighted by Gasteiger charge is -2.09. The number of fused-ring (bicyclic) bond motifs is 1. The average molecular weight is 415 g/mol. The van der Waals surface area contributed by atoms with Gasteiger partial charge in [-0.05, 0) is 19.1 Å². The smallest absolute Gasteiger partial charge is 0.302 e. The summed E-state index contributed by atoms with van der Waals surface area (Å²) in [5, 5.41) is -0.826. The van der Waals surface area contributed by atoms with Crippen molar-refractivity contribution in [2.45, 2.75) is 25.3 Å². The molecule has 148 valence electrons. The number of carbonyl (C=O) groups is 1. The van der Waals surface area contributed by atoms with Crippen molar-refractivity contribution in [1.82, 2.24) is 3.97 Å². The van der Waals surface area contributed by atoms with Gasteiger partial charge in [0, 0.05) is 24.1 Å². The minimum absolute atomic E-state index is 0.279. The van der Waals surface area contributed by atoms with Gasteiger partial charge in [-0.1, -0.05) is 17.7 Å². The molecular weight excluding hydrogens is 402 g/mol. The van der Waals surface area contributed by atoms with Crippen molar-refractivity contribution in [1.29, 1.82) is 0 Å². The van der Waals surface area contributed by atoms with E-state index >= 15 is 0 Å². The molecule has 3 rings (SSSR count). The van der Waals surface area contributed by atoms with E-state index in [1.54, 1.807) is 6.92 Å². The van der Waals surface area contributed by atoms with Crippen molar-refractivity contribution in [3.63, 3.8) is 0 Å². The number of rotatable bonds is 4. The van der Waals surface area contributed by atoms with Crippen LogP contribution in [0.3, 0.4) is 0 Å². The van der Waals surface area contributed by atoms with Crippen LogP contribution in [-0.2, 0) is 26.2 Å². The molecule has 0 aliphatic rings. The summed E-state index contributed by atoms with van der Waals surface area (Å²) in [7, 11) is -4.49. The van der Waals surface area contributed by atoms with E-state index in [4.69, 9.17) is 4.74 Å². The average Bonchev–Trinajstić information content (AvgIpc) is 3.04. The van der Waals surface area contributed by atoms with Crippen LogP contribution in [0.2, 0.25) is 0 Å². The van der Waals surface area contributed by atoms with Crippen LogP contribution in [0.25, 0.3) is 10.9 Å². The number of halogens is 4. The number of benzene rings is 2. The highest BCUT2D eigenvalue weighted by Crippen LogP contribution is 2.33. The fraction of sp³-hybridized carbons (Fsp3) is 0.167. The summed E-state index contributed by atoms with van der Waals surface area (Å²) in [5.74, 6) is -8.69. The zero-order valence-corrected chi connectivity index (χ0v) is 15.4. The van der Waals surface area contributed by atoms with Crippen molar-refractivity contribution in [3.8, 4) is 0 Å². The highest BCUT2D eigenvalue weighted by molar-refractivity contribution is 7.90. The molecule has 3 aromatic rings. The van der Waals surface area contributed by atoms with Gasteiger partial charge < -0.3 is 4.74 Å². The Morgan fingerprint density at radius 2 is 1.57 bits per heavy atom. The normalized spacial score (nSPS) is 11.8. The third-order valence-electron chi connectivity index (χ3n) is 4.07. The van der Waals surface area contributed by atoms with Gasteiger partial charge in [0.15, 0.2) is 23.3 Å². The SMILES string of the molecule is CC(=O)OCc1cn(S(=O)(=O)c2ccc(C)cc2)c2c(F)c(F)c(F)c(F)c12. The maximum atomic E-state index is 14.4. The maximum Gasteiger partial charge on any atom is 0.302 e. The molecule has 0 atom stereocenters. The number of aryl methyl sites for hydroxylation is 1. The van der Waals surface area contributed by atoms with Crippen LogP contribution < -0.4 is 0 Å². The second-order valence-corrected chi connectivity index (χ2v) is 7.84. The van der Waals surface area contributed by atoms with Gasteiger partial charge in [-0.2, -0.15) is 0 Å². The van der Waals surface area contributed by atoms with E-state index in [-0.39, 0.29) is 10.5 Å². The van der Waals surface area contributed by atoms with Gasteiger partial charge in [0.2, 0.25) is 0 Å². The molecule has 0 aliphatic heterocycles. The summed E-state index contributed by atoms with van der Waals surface area (Å²) in [5.41, 5.74) is -0.604. The first-order chi connectivity index (χ1) is 13.1. The molecule has 0 N–H and O–H groups in total. The van der Waals surface area contributed by atoms with Crippen LogP contribution in [-0.4, -0.2) is 18.4 Å². The summed E-state index contributed by atoms with van der Waals surface area (Å²) < 4.78 is 87.1. The van der Waals surface area contributed by atoms with E-state index in [1.165, 1.54) is 24.3 Å². The van der Waals surface area contributed by atoms with Crippen LogP contribution >= 0.6 is 0 Å². The summed E-state index contributed by atoms with van der Waals surface area (Å²) in [6.45, 7) is 2.09. The lowest BCUT2D eigenvalue weighted by atomic mass is 10.1. The van der Waals surface area contributed by atoms with Gasteiger partial charge in [0.1, 0.15) is 12.1 Å². The zero-order valence-electron chi connectivity index (χ0n) is 14.6. The van der Waals surface area contributed by atoms with Crippen molar-refractivity contribution < 1.29 is 35.5 Å². The number of esters is 1. The first-order valence-electron chi connectivity index (χ1n) is 7.87. The van der Waals surface area contributed by atoms with Gasteiger partial charge in [-0.25, -0.2) is 30.0 Å². The molecule has 2 aromatic carbocycles. The Hall–Kier alpha value is -2.88. The largest absolute Gasteiger partial charge is 0.461 e. The lowest BCUT2D eigenvalue weighted by Crippen LogP contribution is -2.13. The van der Waals surface area contributed by atoms with Gasteiger partial charge in [0.05, 0.1) is 4.90 Å². The van der Waals surface area contributed by atoms with Gasteiger partial charge in [0.25, 0.3) is 10.0 Å². The Labute approximate surface area is 157 Å². The lowest BCUT2D eigenvalue weighted by molar-refractivity contribution is -0.142. The van der Waals surface area contributed by atoms with Crippen LogP contribution in [0.1, 0.15) is 18.1 Å². The molecule has 0 saturated carbocycles. The van der Waals surface area contributed by atoms with E-state index < -0.39 is 56.8 Å². The minimum atomic E-state index is -4.49. The fourth-order valence-corrected chi connectivity index (χ4v) is 4.08. The zero-order chi connectivity index (χ0) is 20.8. The first-order valence-corrected chi connectivity index (χ1v) is 9.31. The van der Waals surface area contributed by atoms with Gasteiger partial charge >= 0.3 is 5.97 Å². The Morgan fingerprint density at radius 3 is 2.14 bits per heavy atom. The number of aromatic nitrogens is 1. The number of ether oxygens (including phenoxy) is 1. The predicted molar refractivity (Wildman–Crippen MR) is 91.0 cm³/mol. The summed E-state index contributed by atoms with van der Waals surface area (Å²) in [6, 6.07) is 5.43. The maximum absolute atomic E-state index is 14.4. The fourth-order valence-electron chi connectivity index (χ4n) is 2.69. The first kappa shape index (κ1) is 19.9. The predicted octanol–water partition coefficient (Wildman–Crippen LogP) is 3.81. The second kappa shape index (κ2) is 6.93. The molecular formula is C18H13F4NO4S. The van der Waals surface area contributed by atoms with Crippen LogP contribution in [0.4, 0.5) is 17.6 Å². The molecule has 10 heteroatoms. The third-order valence-corrected chi connectivity index (χ3v) is 5.74. The number of carbonyl (C=O) groups excluding carboxylic acids is 1. The molecule has 0 bridgehead atoms. The third kappa shape index (κ3) is 3.13. The van der Waals surface area contributed by atoms with Crippen molar-refractivity contribution >= 4 is 26.9 Å². The van der Waals surface area contributed by atoms with Crippen LogP contribution in [0.15, 0.2) is 35.4 Å². The Kier molecular flexibility index (Phi) is 4.92. The Bertz CT molecular complexity index is 1200. The molecule has 28 heavy (non-hydrogen) atoms. The van der Waals surface area contributed by atoms with E-state index in [0.29, 0.717) is 3.97 Å². The van der Waals surface area contributed by atoms with E-state index in [9.17, 15) is 30.8 Å². The standard InChI is InChI=1S/C18H13F4NO4S/c1-9-3-5-12(6-4-9)28(25,26)23-7-11(8-27-10(2)24)13-14(19)15(20)16(21)17(22)18(13)23/h3-7H,8H2,1-2H3. The molecule has 5 nitrogen and oxygen atoms in total. The number of nitrogens with zero attached hydrogens (tertiary/aromatic N) is 1. The second-order valence-electron chi connectivity index (χ2n) is 6.03. The van der Waals surface area contributed by atoms with Gasteiger partial charge in [-0.15, -0.1) is 0 Å².